The highest BCUT2D eigenvalue weighted by Crippen LogP contribution is 2.27. The largest absolute Gasteiger partial charge is 0.373 e. The van der Waals surface area contributed by atoms with Gasteiger partial charge in [-0.05, 0) is 44.0 Å². The molecule has 1 fully saturated rings. The third-order valence-electron chi connectivity index (χ3n) is 4.58. The molecule has 20 heavy (non-hydrogen) atoms. The third-order valence-corrected chi connectivity index (χ3v) is 4.58. The summed E-state index contributed by atoms with van der Waals surface area (Å²) in [5, 5.41) is 0. The minimum atomic E-state index is 0.138. The number of hydrogen-bond donors (Lipinski definition) is 1. The second-order valence-corrected chi connectivity index (χ2v) is 5.88. The highest BCUT2D eigenvalue weighted by molar-refractivity contribution is 5.54. The number of rotatable bonds is 6. The van der Waals surface area contributed by atoms with Gasteiger partial charge in [0.05, 0.1) is 0 Å². The normalized spacial score (nSPS) is 21.1. The van der Waals surface area contributed by atoms with Crippen molar-refractivity contribution in [3.05, 3.63) is 29.8 Å². The van der Waals surface area contributed by atoms with E-state index in [2.05, 4.69) is 55.0 Å². The second kappa shape index (κ2) is 7.09. The fourth-order valence-electron chi connectivity index (χ4n) is 3.30. The fourth-order valence-corrected chi connectivity index (χ4v) is 3.30. The molecule has 1 aromatic rings. The summed E-state index contributed by atoms with van der Waals surface area (Å²) in [5.74, 6) is 0. The van der Waals surface area contributed by atoms with Gasteiger partial charge in [0.15, 0.2) is 0 Å². The summed E-state index contributed by atoms with van der Waals surface area (Å²) in [5.41, 5.74) is 8.83. The van der Waals surface area contributed by atoms with Crippen molar-refractivity contribution in [3.8, 4) is 0 Å². The van der Waals surface area contributed by atoms with Gasteiger partial charge in [-0.2, -0.15) is 0 Å². The molecule has 2 N–H and O–H groups in total. The smallest absolute Gasteiger partial charge is 0.0412 e. The van der Waals surface area contributed by atoms with E-state index in [1.165, 1.54) is 30.6 Å². The van der Waals surface area contributed by atoms with Crippen LogP contribution in [-0.2, 0) is 0 Å². The molecule has 3 heteroatoms. The zero-order valence-corrected chi connectivity index (χ0v) is 13.2. The van der Waals surface area contributed by atoms with Gasteiger partial charge < -0.3 is 10.6 Å². The molecule has 2 atom stereocenters. The van der Waals surface area contributed by atoms with Crippen LogP contribution in [0.5, 0.6) is 0 Å². The van der Waals surface area contributed by atoms with Crippen LogP contribution in [0.2, 0.25) is 0 Å². The van der Waals surface area contributed by atoms with E-state index < -0.39 is 0 Å². The Balaban J connectivity index is 2.11. The van der Waals surface area contributed by atoms with Gasteiger partial charge in [0.2, 0.25) is 0 Å². The third kappa shape index (κ3) is 3.33. The molecule has 0 aromatic heterocycles. The van der Waals surface area contributed by atoms with Crippen LogP contribution < -0.4 is 10.6 Å². The quantitative estimate of drug-likeness (QED) is 0.866. The van der Waals surface area contributed by atoms with Crippen LogP contribution in [0.3, 0.4) is 0 Å². The average Bonchev–Trinajstić information content (AvgIpc) is 2.93. The van der Waals surface area contributed by atoms with Gasteiger partial charge in [0.1, 0.15) is 0 Å². The summed E-state index contributed by atoms with van der Waals surface area (Å²) in [7, 11) is 2.20. The maximum Gasteiger partial charge on any atom is 0.0412 e. The minimum Gasteiger partial charge on any atom is -0.373 e. The van der Waals surface area contributed by atoms with Crippen LogP contribution in [0.25, 0.3) is 0 Å². The molecule has 0 saturated carbocycles. The van der Waals surface area contributed by atoms with Crippen molar-refractivity contribution in [3.63, 3.8) is 0 Å². The van der Waals surface area contributed by atoms with Crippen LogP contribution >= 0.6 is 0 Å². The Kier molecular flexibility index (Phi) is 5.44. The van der Waals surface area contributed by atoms with Crippen molar-refractivity contribution in [2.75, 3.05) is 31.6 Å². The molecule has 3 nitrogen and oxygen atoms in total. The van der Waals surface area contributed by atoms with Crippen LogP contribution in [0, 0.1) is 0 Å². The SMILES string of the molecule is CC[C@H](N)c1ccccc1N(C)CC1CCCN1CC. The molecular formula is C17H29N3. The number of benzene rings is 1. The summed E-state index contributed by atoms with van der Waals surface area (Å²) in [6, 6.07) is 9.41. The van der Waals surface area contributed by atoms with Crippen molar-refractivity contribution < 1.29 is 0 Å². The van der Waals surface area contributed by atoms with Crippen molar-refractivity contribution in [1.82, 2.24) is 4.90 Å². The number of likely N-dealkylation sites (tertiary alicyclic amines) is 1. The Labute approximate surface area is 123 Å². The molecule has 0 amide bonds. The molecule has 2 rings (SSSR count). The van der Waals surface area contributed by atoms with Gasteiger partial charge in [-0.25, -0.2) is 0 Å². The Hall–Kier alpha value is -1.06. The monoisotopic (exact) mass is 275 g/mol. The lowest BCUT2D eigenvalue weighted by atomic mass is 10.0. The van der Waals surface area contributed by atoms with Crippen molar-refractivity contribution in [1.29, 1.82) is 0 Å². The molecule has 112 valence electrons. The molecule has 1 aromatic carbocycles. The summed E-state index contributed by atoms with van der Waals surface area (Å²) in [6.07, 6.45) is 3.64. The molecular weight excluding hydrogens is 246 g/mol. The lowest BCUT2D eigenvalue weighted by Crippen LogP contribution is -2.39. The minimum absolute atomic E-state index is 0.138. The number of likely N-dealkylation sites (N-methyl/N-ethyl adjacent to an activating group) is 2. The fraction of sp³-hybridized carbons (Fsp3) is 0.647. The van der Waals surface area contributed by atoms with Crippen molar-refractivity contribution in [2.24, 2.45) is 5.73 Å². The van der Waals surface area contributed by atoms with E-state index in [9.17, 15) is 0 Å². The van der Waals surface area contributed by atoms with Gasteiger partial charge in [0.25, 0.3) is 0 Å². The van der Waals surface area contributed by atoms with Crippen LogP contribution in [0.1, 0.15) is 44.7 Å². The summed E-state index contributed by atoms with van der Waals surface area (Å²) in [6.45, 7) is 7.93. The Morgan fingerprint density at radius 1 is 1.35 bits per heavy atom. The van der Waals surface area contributed by atoms with Gasteiger partial charge in [-0.15, -0.1) is 0 Å². The van der Waals surface area contributed by atoms with E-state index in [1.807, 2.05) is 0 Å². The highest BCUT2D eigenvalue weighted by atomic mass is 15.2. The van der Waals surface area contributed by atoms with Crippen molar-refractivity contribution in [2.45, 2.75) is 45.2 Å². The van der Waals surface area contributed by atoms with Gasteiger partial charge in [0, 0.05) is 31.4 Å². The average molecular weight is 275 g/mol. The molecule has 0 bridgehead atoms. The summed E-state index contributed by atoms with van der Waals surface area (Å²) < 4.78 is 0. The predicted molar refractivity (Wildman–Crippen MR) is 87.2 cm³/mol. The Morgan fingerprint density at radius 3 is 2.80 bits per heavy atom. The Bertz CT molecular complexity index is 418. The zero-order valence-electron chi connectivity index (χ0n) is 13.2. The first-order chi connectivity index (χ1) is 9.67. The number of para-hydroxylation sites is 1. The molecule has 0 spiro atoms. The van der Waals surface area contributed by atoms with E-state index >= 15 is 0 Å². The number of hydrogen-bond acceptors (Lipinski definition) is 3. The maximum atomic E-state index is 6.26. The van der Waals surface area contributed by atoms with E-state index in [0.29, 0.717) is 6.04 Å². The molecule has 1 heterocycles. The molecule has 1 aliphatic rings. The van der Waals surface area contributed by atoms with Gasteiger partial charge >= 0.3 is 0 Å². The predicted octanol–water partition coefficient (Wildman–Crippen LogP) is 3.02. The van der Waals surface area contributed by atoms with Crippen molar-refractivity contribution >= 4 is 5.69 Å². The highest BCUT2D eigenvalue weighted by Gasteiger charge is 2.25. The van der Waals surface area contributed by atoms with Gasteiger partial charge in [-0.3, -0.25) is 4.90 Å². The molecule has 1 aliphatic heterocycles. The zero-order chi connectivity index (χ0) is 14.5. The van der Waals surface area contributed by atoms with E-state index in [0.717, 1.165) is 19.5 Å². The van der Waals surface area contributed by atoms with Crippen LogP contribution in [0.15, 0.2) is 24.3 Å². The van der Waals surface area contributed by atoms with E-state index in [4.69, 9.17) is 5.73 Å². The van der Waals surface area contributed by atoms with E-state index in [1.54, 1.807) is 0 Å². The summed E-state index contributed by atoms with van der Waals surface area (Å²) in [4.78, 5) is 4.99. The number of nitrogens with two attached hydrogens (primary N) is 1. The first-order valence-electron chi connectivity index (χ1n) is 7.97. The molecule has 1 saturated heterocycles. The number of nitrogens with zero attached hydrogens (tertiary/aromatic N) is 2. The molecule has 0 aliphatic carbocycles. The lowest BCUT2D eigenvalue weighted by molar-refractivity contribution is 0.270. The van der Waals surface area contributed by atoms with Crippen LogP contribution in [0.4, 0.5) is 5.69 Å². The molecule has 1 unspecified atom stereocenters. The standard InChI is InChI=1S/C17H29N3/c1-4-16(18)15-10-6-7-11-17(15)19(3)13-14-9-8-12-20(14)5-2/h6-7,10-11,14,16H,4-5,8-9,12-13,18H2,1-3H3/t14?,16-/m0/s1. The molecule has 0 radical (unpaired) electrons. The van der Waals surface area contributed by atoms with Crippen LogP contribution in [-0.4, -0.2) is 37.6 Å². The lowest BCUT2D eigenvalue weighted by Gasteiger charge is -2.31. The Morgan fingerprint density at radius 2 is 2.10 bits per heavy atom. The topological polar surface area (TPSA) is 32.5 Å². The van der Waals surface area contributed by atoms with Gasteiger partial charge in [-0.1, -0.05) is 32.0 Å². The second-order valence-electron chi connectivity index (χ2n) is 5.88. The first-order valence-corrected chi connectivity index (χ1v) is 7.97. The van der Waals surface area contributed by atoms with E-state index in [-0.39, 0.29) is 6.04 Å². The maximum absolute atomic E-state index is 6.26. The summed E-state index contributed by atoms with van der Waals surface area (Å²) >= 11 is 0. The number of anilines is 1. The first kappa shape index (κ1) is 15.3.